The van der Waals surface area contributed by atoms with E-state index >= 15 is 0 Å². The van der Waals surface area contributed by atoms with Gasteiger partial charge in [0.1, 0.15) is 6.04 Å². The third kappa shape index (κ3) is 2.93. The van der Waals surface area contributed by atoms with E-state index in [0.717, 1.165) is 6.54 Å². The van der Waals surface area contributed by atoms with Crippen LogP contribution in [0.4, 0.5) is 0 Å². The van der Waals surface area contributed by atoms with Crippen molar-refractivity contribution in [2.24, 2.45) is 5.41 Å². The molecule has 0 aromatic rings. The van der Waals surface area contributed by atoms with E-state index < -0.39 is 17.4 Å². The van der Waals surface area contributed by atoms with Gasteiger partial charge >= 0.3 is 5.97 Å². The lowest BCUT2D eigenvalue weighted by Crippen LogP contribution is -2.48. The van der Waals surface area contributed by atoms with E-state index in [1.807, 2.05) is 0 Å². The van der Waals surface area contributed by atoms with E-state index in [9.17, 15) is 9.59 Å². The van der Waals surface area contributed by atoms with Crippen molar-refractivity contribution in [2.45, 2.75) is 25.8 Å². The molecule has 0 radical (unpaired) electrons. The molecule has 1 aliphatic heterocycles. The monoisotopic (exact) mass is 230 g/mol. The number of amides is 1. The molecule has 0 spiro atoms. The molecule has 1 fully saturated rings. The maximum absolute atomic E-state index is 11.9. The van der Waals surface area contributed by atoms with Crippen molar-refractivity contribution in [1.82, 2.24) is 10.6 Å². The highest BCUT2D eigenvalue weighted by Gasteiger charge is 2.37. The van der Waals surface area contributed by atoms with Crippen LogP contribution in [-0.2, 0) is 9.59 Å². The fourth-order valence-corrected chi connectivity index (χ4v) is 1.73. The number of carboxylic acids is 1. The summed E-state index contributed by atoms with van der Waals surface area (Å²) in [6, 6.07) is -1.00. The zero-order valence-electron chi connectivity index (χ0n) is 9.32. The minimum atomic E-state index is -1.11. The molecule has 2 atom stereocenters. The van der Waals surface area contributed by atoms with Crippen LogP contribution in [0.1, 0.15) is 19.8 Å². The highest BCUT2D eigenvalue weighted by molar-refractivity contribution is 5.87. The van der Waals surface area contributed by atoms with Gasteiger partial charge in [0.15, 0.2) is 0 Å². The molecule has 1 rings (SSSR count). The molecule has 1 saturated heterocycles. The Bertz CT molecular complexity index is 274. The number of hydrogen-bond donors (Lipinski definition) is 4. The Kier molecular flexibility index (Phi) is 4.26. The maximum atomic E-state index is 11.9. The molecule has 0 saturated carbocycles. The molecule has 6 nitrogen and oxygen atoms in total. The van der Waals surface area contributed by atoms with Gasteiger partial charge in [-0.25, -0.2) is 4.79 Å². The highest BCUT2D eigenvalue weighted by atomic mass is 16.4. The smallest absolute Gasteiger partial charge is 0.326 e. The van der Waals surface area contributed by atoms with Crippen LogP contribution in [0, 0.1) is 5.41 Å². The molecule has 0 bridgehead atoms. The van der Waals surface area contributed by atoms with Crippen LogP contribution in [-0.4, -0.2) is 47.8 Å². The molecule has 1 heterocycles. The molecule has 1 aliphatic rings. The van der Waals surface area contributed by atoms with E-state index in [1.54, 1.807) is 6.92 Å². The van der Waals surface area contributed by atoms with Gasteiger partial charge in [0, 0.05) is 19.6 Å². The van der Waals surface area contributed by atoms with Gasteiger partial charge in [0.2, 0.25) is 5.91 Å². The molecule has 1 amide bonds. The predicted molar refractivity (Wildman–Crippen MR) is 56.9 cm³/mol. The van der Waals surface area contributed by atoms with Gasteiger partial charge in [-0.1, -0.05) is 0 Å². The standard InChI is InChI=1S/C10H18N2O4/c1-10(3-4-11-6-10)9(16)12-7(2-5-13)8(14)15/h7,11,13H,2-6H2,1H3,(H,12,16)(H,14,15)/t7-,10?/m0/s1. The second kappa shape index (κ2) is 5.27. The van der Waals surface area contributed by atoms with Crippen molar-refractivity contribution in [1.29, 1.82) is 0 Å². The number of aliphatic hydroxyl groups is 1. The molecule has 92 valence electrons. The van der Waals surface area contributed by atoms with Crippen molar-refractivity contribution in [3.63, 3.8) is 0 Å². The first kappa shape index (κ1) is 12.9. The van der Waals surface area contributed by atoms with Gasteiger partial charge in [0.25, 0.3) is 0 Å². The fourth-order valence-electron chi connectivity index (χ4n) is 1.73. The van der Waals surface area contributed by atoms with E-state index in [1.165, 1.54) is 0 Å². The van der Waals surface area contributed by atoms with E-state index in [0.29, 0.717) is 13.0 Å². The van der Waals surface area contributed by atoms with E-state index in [4.69, 9.17) is 10.2 Å². The van der Waals surface area contributed by atoms with Crippen LogP contribution in [0.25, 0.3) is 0 Å². The molecule has 1 unspecified atom stereocenters. The minimum Gasteiger partial charge on any atom is -0.480 e. The first-order valence-corrected chi connectivity index (χ1v) is 5.35. The summed E-state index contributed by atoms with van der Waals surface area (Å²) in [5, 5.41) is 23.1. The Hall–Kier alpha value is -1.14. The van der Waals surface area contributed by atoms with E-state index in [2.05, 4.69) is 10.6 Å². The number of carbonyl (C=O) groups excluding carboxylic acids is 1. The number of rotatable bonds is 5. The summed E-state index contributed by atoms with van der Waals surface area (Å²) in [7, 11) is 0. The van der Waals surface area contributed by atoms with Gasteiger partial charge in [0.05, 0.1) is 5.41 Å². The normalized spacial score (nSPS) is 26.4. The lowest BCUT2D eigenvalue weighted by atomic mass is 9.88. The third-order valence-electron chi connectivity index (χ3n) is 2.94. The highest BCUT2D eigenvalue weighted by Crippen LogP contribution is 2.24. The number of carbonyl (C=O) groups is 2. The number of hydrogen-bond acceptors (Lipinski definition) is 4. The Morgan fingerprint density at radius 3 is 2.69 bits per heavy atom. The Morgan fingerprint density at radius 2 is 2.25 bits per heavy atom. The molecule has 0 aromatic heterocycles. The second-order valence-electron chi connectivity index (χ2n) is 4.36. The topological polar surface area (TPSA) is 98.7 Å². The van der Waals surface area contributed by atoms with Gasteiger partial charge in [-0.15, -0.1) is 0 Å². The van der Waals surface area contributed by atoms with Crippen molar-refractivity contribution < 1.29 is 19.8 Å². The van der Waals surface area contributed by atoms with Gasteiger partial charge in [-0.3, -0.25) is 4.79 Å². The van der Waals surface area contributed by atoms with Crippen molar-refractivity contribution in [2.75, 3.05) is 19.7 Å². The number of nitrogens with one attached hydrogen (secondary N) is 2. The summed E-state index contributed by atoms with van der Waals surface area (Å²) >= 11 is 0. The van der Waals surface area contributed by atoms with Crippen LogP contribution >= 0.6 is 0 Å². The quantitative estimate of drug-likeness (QED) is 0.482. The molecule has 0 aromatic carbocycles. The maximum Gasteiger partial charge on any atom is 0.326 e. The summed E-state index contributed by atoms with van der Waals surface area (Å²) < 4.78 is 0. The molecule has 6 heteroatoms. The summed E-state index contributed by atoms with van der Waals surface area (Å²) in [6.45, 7) is 2.87. The third-order valence-corrected chi connectivity index (χ3v) is 2.94. The SMILES string of the molecule is CC1(C(=O)N[C@@H](CCO)C(=O)O)CCNC1. The average molecular weight is 230 g/mol. The molecular formula is C10H18N2O4. The summed E-state index contributed by atoms with van der Waals surface area (Å²) in [5.74, 6) is -1.38. The molecule has 16 heavy (non-hydrogen) atoms. The van der Waals surface area contributed by atoms with Crippen molar-refractivity contribution in [3.8, 4) is 0 Å². The fraction of sp³-hybridized carbons (Fsp3) is 0.800. The predicted octanol–water partition coefficient (Wildman–Crippen LogP) is -1.06. The van der Waals surface area contributed by atoms with Crippen LogP contribution in [0.3, 0.4) is 0 Å². The second-order valence-corrected chi connectivity index (χ2v) is 4.36. The molecule has 4 N–H and O–H groups in total. The Labute approximate surface area is 94.0 Å². The Balaban J connectivity index is 2.57. The summed E-state index contributed by atoms with van der Waals surface area (Å²) in [4.78, 5) is 22.7. The zero-order chi connectivity index (χ0) is 12.2. The van der Waals surface area contributed by atoms with Gasteiger partial charge < -0.3 is 20.8 Å². The van der Waals surface area contributed by atoms with Gasteiger partial charge in [-0.2, -0.15) is 0 Å². The first-order valence-electron chi connectivity index (χ1n) is 5.35. The van der Waals surface area contributed by atoms with Crippen molar-refractivity contribution in [3.05, 3.63) is 0 Å². The lowest BCUT2D eigenvalue weighted by Gasteiger charge is -2.24. The van der Waals surface area contributed by atoms with Crippen LogP contribution in [0.2, 0.25) is 0 Å². The summed E-state index contributed by atoms with van der Waals surface area (Å²) in [5.41, 5.74) is -0.539. The number of aliphatic hydroxyl groups excluding tert-OH is 1. The van der Waals surface area contributed by atoms with E-state index in [-0.39, 0.29) is 18.9 Å². The zero-order valence-corrected chi connectivity index (χ0v) is 9.32. The molecular weight excluding hydrogens is 212 g/mol. The lowest BCUT2D eigenvalue weighted by molar-refractivity contribution is -0.143. The molecule has 0 aliphatic carbocycles. The number of carboxylic acid groups (broad SMARTS) is 1. The minimum absolute atomic E-state index is 0.0323. The van der Waals surface area contributed by atoms with Crippen LogP contribution in [0.5, 0.6) is 0 Å². The average Bonchev–Trinajstić information content (AvgIpc) is 2.65. The van der Waals surface area contributed by atoms with Crippen LogP contribution < -0.4 is 10.6 Å². The van der Waals surface area contributed by atoms with Gasteiger partial charge in [-0.05, 0) is 19.9 Å². The van der Waals surface area contributed by atoms with Crippen molar-refractivity contribution >= 4 is 11.9 Å². The van der Waals surface area contributed by atoms with Crippen LogP contribution in [0.15, 0.2) is 0 Å². The first-order chi connectivity index (χ1) is 7.49. The summed E-state index contributed by atoms with van der Waals surface area (Å²) in [6.07, 6.45) is 0.731. The Morgan fingerprint density at radius 1 is 1.56 bits per heavy atom. The largest absolute Gasteiger partial charge is 0.480 e. The number of aliphatic carboxylic acids is 1.